The van der Waals surface area contributed by atoms with Gasteiger partial charge in [-0.1, -0.05) is 13.8 Å². The van der Waals surface area contributed by atoms with Crippen LogP contribution in [0.15, 0.2) is 49.1 Å². The third kappa shape index (κ3) is 3.97. The van der Waals surface area contributed by atoms with Crippen molar-refractivity contribution in [2.24, 2.45) is 0 Å². The van der Waals surface area contributed by atoms with Gasteiger partial charge in [0, 0.05) is 42.1 Å². The summed E-state index contributed by atoms with van der Waals surface area (Å²) in [4.78, 5) is 21.3. The summed E-state index contributed by atoms with van der Waals surface area (Å²) < 4.78 is 0. The van der Waals surface area contributed by atoms with E-state index in [0.29, 0.717) is 17.7 Å². The minimum absolute atomic E-state index is 0.189. The van der Waals surface area contributed by atoms with Crippen LogP contribution >= 0.6 is 0 Å². The van der Waals surface area contributed by atoms with Gasteiger partial charge < -0.3 is 10.6 Å². The summed E-state index contributed by atoms with van der Waals surface area (Å²) in [6, 6.07) is 7.42. The van der Waals surface area contributed by atoms with Gasteiger partial charge >= 0.3 is 0 Å². The molecule has 0 unspecified atom stereocenters. The molecule has 3 rings (SSSR count). The number of aromatic nitrogens is 5. The molecule has 0 aromatic carbocycles. The lowest BCUT2D eigenvalue weighted by Crippen LogP contribution is -2.08. The molecule has 0 spiro atoms. The molecule has 116 valence electrons. The van der Waals surface area contributed by atoms with Crippen LogP contribution in [-0.4, -0.2) is 24.9 Å². The van der Waals surface area contributed by atoms with Crippen LogP contribution in [0.25, 0.3) is 0 Å². The first-order valence-electron chi connectivity index (χ1n) is 7.31. The second-order valence-electron chi connectivity index (χ2n) is 5.22. The van der Waals surface area contributed by atoms with Crippen LogP contribution in [0.5, 0.6) is 0 Å². The van der Waals surface area contributed by atoms with Gasteiger partial charge in [-0.3, -0.25) is 9.97 Å². The molecule has 0 saturated carbocycles. The number of hydrogen-bond donors (Lipinski definition) is 2. The predicted octanol–water partition coefficient (Wildman–Crippen LogP) is 3.27. The molecule has 7 nitrogen and oxygen atoms in total. The van der Waals surface area contributed by atoms with Crippen LogP contribution < -0.4 is 10.6 Å². The highest BCUT2D eigenvalue weighted by atomic mass is 15.2. The Kier molecular flexibility index (Phi) is 4.37. The fourth-order valence-electron chi connectivity index (χ4n) is 1.89. The molecule has 0 aliphatic heterocycles. The lowest BCUT2D eigenvalue weighted by atomic mass is 10.2. The number of nitrogens with zero attached hydrogens (tertiary/aromatic N) is 5. The highest BCUT2D eigenvalue weighted by Gasteiger charge is 2.10. The van der Waals surface area contributed by atoms with Crippen molar-refractivity contribution < 1.29 is 0 Å². The standard InChI is InChI=1S/C16H17N7/c1-11(2)14-21-15(19-12-3-7-17-8-4-12)23-16(22-14)20-13-5-9-18-10-6-13/h3-11H,1-2H3,(H2,17,18,19,20,21,22,23). The second kappa shape index (κ2) is 6.78. The molecule has 0 aliphatic carbocycles. The fourth-order valence-corrected chi connectivity index (χ4v) is 1.89. The normalized spacial score (nSPS) is 10.6. The molecule has 0 atom stereocenters. The summed E-state index contributed by atoms with van der Waals surface area (Å²) in [7, 11) is 0. The Morgan fingerprint density at radius 2 is 1.13 bits per heavy atom. The topological polar surface area (TPSA) is 88.5 Å². The maximum absolute atomic E-state index is 4.46. The summed E-state index contributed by atoms with van der Waals surface area (Å²) in [5, 5.41) is 6.34. The lowest BCUT2D eigenvalue weighted by Gasteiger charge is -2.11. The summed E-state index contributed by atoms with van der Waals surface area (Å²) in [6.07, 6.45) is 6.85. The van der Waals surface area contributed by atoms with Crippen molar-refractivity contribution in [2.45, 2.75) is 19.8 Å². The van der Waals surface area contributed by atoms with Crippen molar-refractivity contribution in [1.82, 2.24) is 24.9 Å². The smallest absolute Gasteiger partial charge is 0.232 e. The number of anilines is 4. The summed E-state index contributed by atoms with van der Waals surface area (Å²) in [6.45, 7) is 4.09. The van der Waals surface area contributed by atoms with Crippen LogP contribution in [0.2, 0.25) is 0 Å². The van der Waals surface area contributed by atoms with E-state index in [-0.39, 0.29) is 5.92 Å². The zero-order chi connectivity index (χ0) is 16.1. The van der Waals surface area contributed by atoms with E-state index in [1.807, 2.05) is 38.1 Å². The number of hydrogen-bond acceptors (Lipinski definition) is 7. The first kappa shape index (κ1) is 14.8. The van der Waals surface area contributed by atoms with Crippen LogP contribution in [0.4, 0.5) is 23.3 Å². The average Bonchev–Trinajstić information content (AvgIpc) is 2.56. The van der Waals surface area contributed by atoms with Crippen LogP contribution in [0.1, 0.15) is 25.6 Å². The van der Waals surface area contributed by atoms with E-state index in [1.54, 1.807) is 24.8 Å². The van der Waals surface area contributed by atoms with E-state index in [0.717, 1.165) is 11.4 Å². The number of nitrogens with one attached hydrogen (secondary N) is 2. The number of pyridine rings is 2. The molecule has 0 fully saturated rings. The van der Waals surface area contributed by atoms with Crippen molar-refractivity contribution in [3.63, 3.8) is 0 Å². The molecule has 3 heterocycles. The van der Waals surface area contributed by atoms with E-state index < -0.39 is 0 Å². The van der Waals surface area contributed by atoms with E-state index in [1.165, 1.54) is 0 Å². The largest absolute Gasteiger partial charge is 0.324 e. The highest BCUT2D eigenvalue weighted by molar-refractivity contribution is 5.56. The van der Waals surface area contributed by atoms with Gasteiger partial charge in [-0.15, -0.1) is 0 Å². The van der Waals surface area contributed by atoms with Gasteiger partial charge in [0.2, 0.25) is 11.9 Å². The maximum atomic E-state index is 4.46. The molecular formula is C16H17N7. The molecule has 2 N–H and O–H groups in total. The Morgan fingerprint density at radius 3 is 1.52 bits per heavy atom. The van der Waals surface area contributed by atoms with Gasteiger partial charge in [0.1, 0.15) is 5.82 Å². The minimum atomic E-state index is 0.189. The van der Waals surface area contributed by atoms with Gasteiger partial charge in [-0.05, 0) is 24.3 Å². The summed E-state index contributed by atoms with van der Waals surface area (Å²) in [5.74, 6) is 1.89. The molecule has 0 radical (unpaired) electrons. The molecule has 0 bridgehead atoms. The Hall–Kier alpha value is -3.09. The predicted molar refractivity (Wildman–Crippen MR) is 89.0 cm³/mol. The zero-order valence-electron chi connectivity index (χ0n) is 12.9. The van der Waals surface area contributed by atoms with E-state index in [9.17, 15) is 0 Å². The fraction of sp³-hybridized carbons (Fsp3) is 0.188. The SMILES string of the molecule is CC(C)c1nc(Nc2ccncc2)nc(Nc2ccncc2)n1. The van der Waals surface area contributed by atoms with Crippen molar-refractivity contribution in [2.75, 3.05) is 10.6 Å². The Balaban J connectivity index is 1.90. The Labute approximate surface area is 134 Å². The Morgan fingerprint density at radius 1 is 0.696 bits per heavy atom. The quantitative estimate of drug-likeness (QED) is 0.747. The maximum Gasteiger partial charge on any atom is 0.232 e. The Bertz CT molecular complexity index is 700. The average molecular weight is 307 g/mol. The third-order valence-corrected chi connectivity index (χ3v) is 3.04. The first-order chi connectivity index (χ1) is 11.2. The van der Waals surface area contributed by atoms with Crippen LogP contribution in [0, 0.1) is 0 Å². The van der Waals surface area contributed by atoms with Crippen molar-refractivity contribution >= 4 is 23.3 Å². The lowest BCUT2D eigenvalue weighted by molar-refractivity contribution is 0.766. The molecule has 0 saturated heterocycles. The van der Waals surface area contributed by atoms with E-state index in [4.69, 9.17) is 0 Å². The molecule has 3 aromatic rings. The molecule has 0 amide bonds. The van der Waals surface area contributed by atoms with Crippen molar-refractivity contribution in [1.29, 1.82) is 0 Å². The number of rotatable bonds is 5. The monoisotopic (exact) mass is 307 g/mol. The van der Waals surface area contributed by atoms with E-state index >= 15 is 0 Å². The minimum Gasteiger partial charge on any atom is -0.324 e. The zero-order valence-corrected chi connectivity index (χ0v) is 12.9. The van der Waals surface area contributed by atoms with Crippen LogP contribution in [0.3, 0.4) is 0 Å². The highest BCUT2D eigenvalue weighted by Crippen LogP contribution is 2.19. The van der Waals surface area contributed by atoms with Crippen molar-refractivity contribution in [3.8, 4) is 0 Å². The second-order valence-corrected chi connectivity index (χ2v) is 5.22. The summed E-state index contributed by atoms with van der Waals surface area (Å²) in [5.41, 5.74) is 1.74. The third-order valence-electron chi connectivity index (χ3n) is 3.04. The van der Waals surface area contributed by atoms with Crippen LogP contribution in [-0.2, 0) is 0 Å². The van der Waals surface area contributed by atoms with E-state index in [2.05, 4.69) is 35.6 Å². The summed E-state index contributed by atoms with van der Waals surface area (Å²) >= 11 is 0. The van der Waals surface area contributed by atoms with Gasteiger partial charge in [-0.25, -0.2) is 0 Å². The van der Waals surface area contributed by atoms with Gasteiger partial charge in [0.15, 0.2) is 0 Å². The molecule has 7 heteroatoms. The van der Waals surface area contributed by atoms with Gasteiger partial charge in [-0.2, -0.15) is 15.0 Å². The van der Waals surface area contributed by atoms with Crippen molar-refractivity contribution in [3.05, 3.63) is 54.9 Å². The first-order valence-corrected chi connectivity index (χ1v) is 7.31. The molecule has 0 aliphatic rings. The molecule has 23 heavy (non-hydrogen) atoms. The van der Waals surface area contributed by atoms with Gasteiger partial charge in [0.25, 0.3) is 0 Å². The molecular weight excluding hydrogens is 290 g/mol. The molecule has 3 aromatic heterocycles. The van der Waals surface area contributed by atoms with Gasteiger partial charge in [0.05, 0.1) is 0 Å².